The van der Waals surface area contributed by atoms with E-state index >= 15 is 0 Å². The Kier molecular flexibility index (Phi) is 3.50. The van der Waals surface area contributed by atoms with Crippen molar-refractivity contribution in [3.63, 3.8) is 0 Å². The molecule has 0 radical (unpaired) electrons. The zero-order valence-corrected chi connectivity index (χ0v) is 10.4. The minimum absolute atomic E-state index is 0.247. The van der Waals surface area contributed by atoms with Gasteiger partial charge in [-0.1, -0.05) is 12.1 Å². The summed E-state index contributed by atoms with van der Waals surface area (Å²) in [6, 6.07) is 10.2. The zero-order valence-electron chi connectivity index (χ0n) is 8.82. The van der Waals surface area contributed by atoms with Crippen LogP contribution in [0.4, 0.5) is 4.39 Å². The number of nitrogens with zero attached hydrogens (tertiary/aromatic N) is 2. The number of aromatic nitrogens is 1. The molecule has 2 rings (SSSR count). The molecule has 0 fully saturated rings. The standard InChI is InChI=1S/C13H8BrFN2/c14-12-6-10(8-17-13(12)7-16)4-9-2-1-3-11(15)5-9/h1-3,5-6,8H,4H2. The minimum atomic E-state index is -0.247. The van der Waals surface area contributed by atoms with E-state index in [9.17, 15) is 4.39 Å². The second kappa shape index (κ2) is 5.07. The van der Waals surface area contributed by atoms with Crippen LogP contribution in [-0.4, -0.2) is 4.98 Å². The van der Waals surface area contributed by atoms with Gasteiger partial charge in [-0.2, -0.15) is 5.26 Å². The Morgan fingerprint density at radius 1 is 1.29 bits per heavy atom. The lowest BCUT2D eigenvalue weighted by Crippen LogP contribution is -1.93. The zero-order chi connectivity index (χ0) is 12.3. The molecule has 1 heterocycles. The molecule has 0 aliphatic carbocycles. The molecule has 0 aliphatic heterocycles. The first-order valence-corrected chi connectivity index (χ1v) is 5.77. The van der Waals surface area contributed by atoms with Gasteiger partial charge in [-0.3, -0.25) is 0 Å². The van der Waals surface area contributed by atoms with Crippen molar-refractivity contribution in [1.82, 2.24) is 4.98 Å². The lowest BCUT2D eigenvalue weighted by atomic mass is 10.1. The number of rotatable bonds is 2. The van der Waals surface area contributed by atoms with Crippen LogP contribution in [0, 0.1) is 17.1 Å². The maximum Gasteiger partial charge on any atom is 0.154 e. The van der Waals surface area contributed by atoms with Crippen molar-refractivity contribution in [2.75, 3.05) is 0 Å². The predicted molar refractivity (Wildman–Crippen MR) is 65.9 cm³/mol. The molecule has 4 heteroatoms. The first-order valence-electron chi connectivity index (χ1n) is 4.98. The van der Waals surface area contributed by atoms with Crippen molar-refractivity contribution >= 4 is 15.9 Å². The van der Waals surface area contributed by atoms with Gasteiger partial charge >= 0.3 is 0 Å². The van der Waals surface area contributed by atoms with Crippen molar-refractivity contribution in [2.24, 2.45) is 0 Å². The third-order valence-electron chi connectivity index (χ3n) is 2.30. The molecule has 0 amide bonds. The molecular weight excluding hydrogens is 283 g/mol. The van der Waals surface area contributed by atoms with Crippen LogP contribution in [0.2, 0.25) is 0 Å². The van der Waals surface area contributed by atoms with Gasteiger partial charge in [0, 0.05) is 6.20 Å². The van der Waals surface area contributed by atoms with E-state index in [0.717, 1.165) is 11.1 Å². The van der Waals surface area contributed by atoms with Gasteiger partial charge in [0.1, 0.15) is 11.9 Å². The quantitative estimate of drug-likeness (QED) is 0.849. The van der Waals surface area contributed by atoms with E-state index in [0.29, 0.717) is 16.6 Å². The Balaban J connectivity index is 2.25. The van der Waals surface area contributed by atoms with Crippen molar-refractivity contribution in [3.8, 4) is 6.07 Å². The molecule has 0 spiro atoms. The normalized spacial score (nSPS) is 9.94. The van der Waals surface area contributed by atoms with Crippen LogP contribution >= 0.6 is 15.9 Å². The van der Waals surface area contributed by atoms with E-state index in [1.165, 1.54) is 12.1 Å². The number of hydrogen-bond acceptors (Lipinski definition) is 2. The van der Waals surface area contributed by atoms with Gasteiger partial charge in [0.15, 0.2) is 5.69 Å². The van der Waals surface area contributed by atoms with Gasteiger partial charge in [-0.05, 0) is 51.7 Å². The molecule has 0 saturated carbocycles. The number of nitriles is 1. The summed E-state index contributed by atoms with van der Waals surface area (Å²) >= 11 is 3.28. The number of pyridine rings is 1. The van der Waals surface area contributed by atoms with Gasteiger partial charge in [0.25, 0.3) is 0 Å². The minimum Gasteiger partial charge on any atom is -0.244 e. The maximum absolute atomic E-state index is 13.0. The molecule has 0 atom stereocenters. The highest BCUT2D eigenvalue weighted by Crippen LogP contribution is 2.17. The SMILES string of the molecule is N#Cc1ncc(Cc2cccc(F)c2)cc1Br. The number of hydrogen-bond donors (Lipinski definition) is 0. The smallest absolute Gasteiger partial charge is 0.154 e. The largest absolute Gasteiger partial charge is 0.244 e. The summed E-state index contributed by atoms with van der Waals surface area (Å²) in [6.45, 7) is 0. The van der Waals surface area contributed by atoms with Crippen LogP contribution in [-0.2, 0) is 6.42 Å². The Hall–Kier alpha value is -1.73. The monoisotopic (exact) mass is 290 g/mol. The summed E-state index contributed by atoms with van der Waals surface area (Å²) in [7, 11) is 0. The average Bonchev–Trinajstić information content (AvgIpc) is 2.29. The molecule has 2 nitrogen and oxygen atoms in total. The van der Waals surface area contributed by atoms with Crippen LogP contribution in [0.15, 0.2) is 41.0 Å². The van der Waals surface area contributed by atoms with Gasteiger partial charge < -0.3 is 0 Å². The Bertz CT molecular complexity index is 590. The molecule has 17 heavy (non-hydrogen) atoms. The molecule has 1 aromatic heterocycles. The van der Waals surface area contributed by atoms with Crippen LogP contribution in [0.3, 0.4) is 0 Å². The first-order chi connectivity index (χ1) is 8.19. The Morgan fingerprint density at radius 3 is 2.76 bits per heavy atom. The van der Waals surface area contributed by atoms with Gasteiger partial charge in [0.2, 0.25) is 0 Å². The van der Waals surface area contributed by atoms with Gasteiger partial charge in [-0.25, -0.2) is 9.37 Å². The van der Waals surface area contributed by atoms with E-state index in [1.807, 2.05) is 18.2 Å². The summed E-state index contributed by atoms with van der Waals surface area (Å²) in [5, 5.41) is 8.74. The summed E-state index contributed by atoms with van der Waals surface area (Å²) in [4.78, 5) is 4.01. The van der Waals surface area contributed by atoms with E-state index < -0.39 is 0 Å². The number of benzene rings is 1. The van der Waals surface area contributed by atoms with Crippen molar-refractivity contribution in [3.05, 3.63) is 63.6 Å². The fourth-order valence-electron chi connectivity index (χ4n) is 1.54. The summed E-state index contributed by atoms with van der Waals surface area (Å²) < 4.78 is 13.7. The average molecular weight is 291 g/mol. The van der Waals surface area contributed by atoms with Crippen LogP contribution in [0.25, 0.3) is 0 Å². The lowest BCUT2D eigenvalue weighted by Gasteiger charge is -2.03. The predicted octanol–water partition coefficient (Wildman–Crippen LogP) is 3.45. The molecule has 0 aliphatic rings. The molecular formula is C13H8BrFN2. The molecule has 84 valence electrons. The highest BCUT2D eigenvalue weighted by atomic mass is 79.9. The third-order valence-corrected chi connectivity index (χ3v) is 2.91. The molecule has 0 N–H and O–H groups in total. The molecule has 0 bridgehead atoms. The molecule has 0 unspecified atom stereocenters. The van der Waals surface area contributed by atoms with Crippen molar-refractivity contribution in [2.45, 2.75) is 6.42 Å². The van der Waals surface area contributed by atoms with Crippen LogP contribution < -0.4 is 0 Å². The number of halogens is 2. The topological polar surface area (TPSA) is 36.7 Å². The van der Waals surface area contributed by atoms with Crippen LogP contribution in [0.5, 0.6) is 0 Å². The van der Waals surface area contributed by atoms with Gasteiger partial charge in [0.05, 0.1) is 4.47 Å². The summed E-state index contributed by atoms with van der Waals surface area (Å²) in [5.74, 6) is -0.247. The molecule has 1 aromatic carbocycles. The third kappa shape index (κ3) is 2.89. The second-order valence-electron chi connectivity index (χ2n) is 3.59. The second-order valence-corrected chi connectivity index (χ2v) is 4.45. The van der Waals surface area contributed by atoms with E-state index in [2.05, 4.69) is 20.9 Å². The van der Waals surface area contributed by atoms with Crippen molar-refractivity contribution < 1.29 is 4.39 Å². The van der Waals surface area contributed by atoms with Crippen molar-refractivity contribution in [1.29, 1.82) is 5.26 Å². The maximum atomic E-state index is 13.0. The van der Waals surface area contributed by atoms with E-state index in [-0.39, 0.29) is 5.82 Å². The van der Waals surface area contributed by atoms with Crippen LogP contribution in [0.1, 0.15) is 16.8 Å². The Morgan fingerprint density at radius 2 is 2.12 bits per heavy atom. The summed E-state index contributed by atoms with van der Waals surface area (Å²) in [5.41, 5.74) is 2.16. The summed E-state index contributed by atoms with van der Waals surface area (Å²) in [6.07, 6.45) is 2.23. The van der Waals surface area contributed by atoms with E-state index in [4.69, 9.17) is 5.26 Å². The first kappa shape index (κ1) is 11.7. The lowest BCUT2D eigenvalue weighted by molar-refractivity contribution is 0.626. The van der Waals surface area contributed by atoms with E-state index in [1.54, 1.807) is 12.3 Å². The fourth-order valence-corrected chi connectivity index (χ4v) is 2.02. The van der Waals surface area contributed by atoms with Gasteiger partial charge in [-0.15, -0.1) is 0 Å². The molecule has 0 saturated heterocycles. The highest BCUT2D eigenvalue weighted by Gasteiger charge is 2.03. The fraction of sp³-hybridized carbons (Fsp3) is 0.0769. The molecule has 2 aromatic rings. The highest BCUT2D eigenvalue weighted by molar-refractivity contribution is 9.10. The Labute approximate surface area is 107 Å².